The summed E-state index contributed by atoms with van der Waals surface area (Å²) in [5, 5.41) is 2.80. The number of ether oxygens (including phenoxy) is 1. The standard InChI is InChI=1S/C14H14BrN3O2/c1-20-12-5-3-2-4-9(12)7-18-14(19)11-6-10(15)8-17-13(11)16/h2-6,8H,7H2,1H3,(H2,16,17)(H,18,19). The third-order valence-corrected chi connectivity index (χ3v) is 3.20. The van der Waals surface area contributed by atoms with Gasteiger partial charge in [0.2, 0.25) is 0 Å². The van der Waals surface area contributed by atoms with Crippen LogP contribution in [0.3, 0.4) is 0 Å². The molecule has 0 aliphatic heterocycles. The molecule has 2 rings (SSSR count). The van der Waals surface area contributed by atoms with Crippen molar-refractivity contribution in [3.05, 3.63) is 52.1 Å². The van der Waals surface area contributed by atoms with E-state index in [0.717, 1.165) is 11.3 Å². The number of amides is 1. The van der Waals surface area contributed by atoms with Gasteiger partial charge in [0.15, 0.2) is 0 Å². The van der Waals surface area contributed by atoms with Crippen molar-refractivity contribution >= 4 is 27.7 Å². The number of hydrogen-bond acceptors (Lipinski definition) is 4. The number of nitrogen functional groups attached to an aromatic ring is 1. The van der Waals surface area contributed by atoms with Gasteiger partial charge < -0.3 is 15.8 Å². The number of para-hydroxylation sites is 1. The third-order valence-electron chi connectivity index (χ3n) is 2.76. The van der Waals surface area contributed by atoms with Crippen LogP contribution in [0.1, 0.15) is 15.9 Å². The number of nitrogens with one attached hydrogen (secondary N) is 1. The van der Waals surface area contributed by atoms with E-state index in [-0.39, 0.29) is 11.7 Å². The van der Waals surface area contributed by atoms with E-state index in [9.17, 15) is 4.79 Å². The van der Waals surface area contributed by atoms with Gasteiger partial charge in [-0.05, 0) is 28.1 Å². The zero-order chi connectivity index (χ0) is 14.5. The zero-order valence-corrected chi connectivity index (χ0v) is 12.5. The van der Waals surface area contributed by atoms with Crippen LogP contribution in [0.2, 0.25) is 0 Å². The largest absolute Gasteiger partial charge is 0.496 e. The van der Waals surface area contributed by atoms with E-state index in [0.29, 0.717) is 16.6 Å². The minimum atomic E-state index is -0.276. The van der Waals surface area contributed by atoms with Crippen LogP contribution in [-0.2, 0) is 6.54 Å². The highest BCUT2D eigenvalue weighted by atomic mass is 79.9. The molecule has 1 aromatic carbocycles. The molecule has 0 saturated heterocycles. The summed E-state index contributed by atoms with van der Waals surface area (Å²) in [7, 11) is 1.59. The maximum Gasteiger partial charge on any atom is 0.255 e. The lowest BCUT2D eigenvalue weighted by molar-refractivity contribution is 0.0951. The predicted molar refractivity (Wildman–Crippen MR) is 80.5 cm³/mol. The van der Waals surface area contributed by atoms with Crippen molar-refractivity contribution < 1.29 is 9.53 Å². The van der Waals surface area contributed by atoms with Crippen LogP contribution in [0.15, 0.2) is 41.0 Å². The Labute approximate surface area is 125 Å². The first-order valence-electron chi connectivity index (χ1n) is 5.93. The molecule has 0 aliphatic carbocycles. The lowest BCUT2D eigenvalue weighted by Gasteiger charge is -2.10. The molecule has 5 nitrogen and oxygen atoms in total. The van der Waals surface area contributed by atoms with Crippen molar-refractivity contribution in [3.8, 4) is 5.75 Å². The second kappa shape index (κ2) is 6.38. The number of benzene rings is 1. The van der Waals surface area contributed by atoms with Crippen molar-refractivity contribution in [1.29, 1.82) is 0 Å². The van der Waals surface area contributed by atoms with Crippen LogP contribution >= 0.6 is 15.9 Å². The second-order valence-corrected chi connectivity index (χ2v) is 5.00. The number of nitrogens with two attached hydrogens (primary N) is 1. The van der Waals surface area contributed by atoms with Crippen LogP contribution < -0.4 is 15.8 Å². The van der Waals surface area contributed by atoms with Crippen molar-refractivity contribution in [1.82, 2.24) is 10.3 Å². The van der Waals surface area contributed by atoms with E-state index in [4.69, 9.17) is 10.5 Å². The molecular weight excluding hydrogens is 322 g/mol. The highest BCUT2D eigenvalue weighted by Crippen LogP contribution is 2.18. The molecule has 1 aromatic heterocycles. The molecule has 0 radical (unpaired) electrons. The van der Waals surface area contributed by atoms with Gasteiger partial charge in [0.05, 0.1) is 12.7 Å². The Hall–Kier alpha value is -2.08. The Morgan fingerprint density at radius 1 is 1.45 bits per heavy atom. The lowest BCUT2D eigenvalue weighted by atomic mass is 10.2. The molecule has 0 atom stereocenters. The molecule has 0 fully saturated rings. The Balaban J connectivity index is 2.11. The van der Waals surface area contributed by atoms with Crippen LogP contribution in [0.4, 0.5) is 5.82 Å². The Morgan fingerprint density at radius 3 is 2.95 bits per heavy atom. The summed E-state index contributed by atoms with van der Waals surface area (Å²) >= 11 is 3.27. The molecule has 2 aromatic rings. The summed E-state index contributed by atoms with van der Waals surface area (Å²) in [5.41, 5.74) is 6.93. The molecule has 20 heavy (non-hydrogen) atoms. The van der Waals surface area contributed by atoms with Gasteiger partial charge >= 0.3 is 0 Å². The molecule has 0 unspecified atom stereocenters. The Bertz CT molecular complexity index is 632. The van der Waals surface area contributed by atoms with Gasteiger partial charge in [0, 0.05) is 22.8 Å². The normalized spacial score (nSPS) is 10.1. The van der Waals surface area contributed by atoms with E-state index in [1.54, 1.807) is 19.4 Å². The molecule has 3 N–H and O–H groups in total. The third kappa shape index (κ3) is 3.27. The highest BCUT2D eigenvalue weighted by Gasteiger charge is 2.12. The summed E-state index contributed by atoms with van der Waals surface area (Å²) in [6.07, 6.45) is 1.55. The number of halogens is 1. The van der Waals surface area contributed by atoms with Gasteiger partial charge in [-0.1, -0.05) is 18.2 Å². The van der Waals surface area contributed by atoms with Crippen molar-refractivity contribution in [2.45, 2.75) is 6.54 Å². The zero-order valence-electron chi connectivity index (χ0n) is 10.9. The number of anilines is 1. The first-order chi connectivity index (χ1) is 9.61. The molecule has 0 aliphatic rings. The summed E-state index contributed by atoms with van der Waals surface area (Å²) in [4.78, 5) is 16.0. The number of rotatable bonds is 4. The average molecular weight is 336 g/mol. The summed E-state index contributed by atoms with van der Waals surface area (Å²) in [6.45, 7) is 0.356. The monoisotopic (exact) mass is 335 g/mol. The maximum absolute atomic E-state index is 12.1. The fourth-order valence-electron chi connectivity index (χ4n) is 1.75. The summed E-state index contributed by atoms with van der Waals surface area (Å²) < 4.78 is 5.93. The van der Waals surface area contributed by atoms with Gasteiger partial charge in [-0.2, -0.15) is 0 Å². The van der Waals surface area contributed by atoms with Crippen LogP contribution in [-0.4, -0.2) is 18.0 Å². The molecule has 1 heterocycles. The SMILES string of the molecule is COc1ccccc1CNC(=O)c1cc(Br)cnc1N. The van der Waals surface area contributed by atoms with Gasteiger partial charge in [-0.3, -0.25) is 4.79 Å². The number of nitrogens with zero attached hydrogens (tertiary/aromatic N) is 1. The van der Waals surface area contributed by atoms with Crippen LogP contribution in [0.25, 0.3) is 0 Å². The van der Waals surface area contributed by atoms with E-state index >= 15 is 0 Å². The summed E-state index contributed by atoms with van der Waals surface area (Å²) in [5.74, 6) is 0.654. The van der Waals surface area contributed by atoms with Crippen LogP contribution in [0, 0.1) is 0 Å². The van der Waals surface area contributed by atoms with Gasteiger partial charge in [0.1, 0.15) is 11.6 Å². The minimum absolute atomic E-state index is 0.200. The first-order valence-corrected chi connectivity index (χ1v) is 6.72. The van der Waals surface area contributed by atoms with Crippen molar-refractivity contribution in [3.63, 3.8) is 0 Å². The number of hydrogen-bond donors (Lipinski definition) is 2. The quantitative estimate of drug-likeness (QED) is 0.899. The van der Waals surface area contributed by atoms with E-state index in [1.165, 1.54) is 0 Å². The van der Waals surface area contributed by atoms with Gasteiger partial charge in [0.25, 0.3) is 5.91 Å². The highest BCUT2D eigenvalue weighted by molar-refractivity contribution is 9.10. The van der Waals surface area contributed by atoms with Crippen LogP contribution in [0.5, 0.6) is 5.75 Å². The van der Waals surface area contributed by atoms with Gasteiger partial charge in [-0.25, -0.2) is 4.98 Å². The molecule has 1 amide bonds. The fourth-order valence-corrected chi connectivity index (χ4v) is 2.08. The minimum Gasteiger partial charge on any atom is -0.496 e. The Kier molecular flexibility index (Phi) is 4.57. The number of methoxy groups -OCH3 is 1. The number of carbonyl (C=O) groups excluding carboxylic acids is 1. The average Bonchev–Trinajstić information content (AvgIpc) is 2.47. The number of pyridine rings is 1. The number of aromatic nitrogens is 1. The second-order valence-electron chi connectivity index (χ2n) is 4.08. The molecular formula is C14H14BrN3O2. The predicted octanol–water partition coefficient (Wildman–Crippen LogP) is 2.36. The Morgan fingerprint density at radius 2 is 2.20 bits per heavy atom. The molecule has 0 spiro atoms. The van der Waals surface area contributed by atoms with E-state index < -0.39 is 0 Å². The first kappa shape index (κ1) is 14.3. The maximum atomic E-state index is 12.1. The smallest absolute Gasteiger partial charge is 0.255 e. The number of carbonyl (C=O) groups is 1. The molecule has 0 saturated carbocycles. The molecule has 6 heteroatoms. The fraction of sp³-hybridized carbons (Fsp3) is 0.143. The lowest BCUT2D eigenvalue weighted by Crippen LogP contribution is -2.24. The van der Waals surface area contributed by atoms with E-state index in [2.05, 4.69) is 26.2 Å². The van der Waals surface area contributed by atoms with E-state index in [1.807, 2.05) is 24.3 Å². The topological polar surface area (TPSA) is 77.2 Å². The molecule has 104 valence electrons. The van der Waals surface area contributed by atoms with Crippen molar-refractivity contribution in [2.24, 2.45) is 0 Å². The molecule has 0 bridgehead atoms. The summed E-state index contributed by atoms with van der Waals surface area (Å²) in [6, 6.07) is 9.14. The van der Waals surface area contributed by atoms with Gasteiger partial charge in [-0.15, -0.1) is 0 Å². The van der Waals surface area contributed by atoms with Crippen molar-refractivity contribution in [2.75, 3.05) is 12.8 Å².